The highest BCUT2D eigenvalue weighted by atomic mass is 35.5. The number of benzene rings is 2. The smallest absolute Gasteiger partial charge is 0.407 e. The van der Waals surface area contributed by atoms with Crippen LogP contribution < -0.4 is 16.4 Å². The Labute approximate surface area is 241 Å². The number of methoxy groups -OCH3 is 1. The Morgan fingerprint density at radius 3 is 2.38 bits per heavy atom. The Bertz CT molecular complexity index is 1190. The van der Waals surface area contributed by atoms with Crippen LogP contribution in [-0.2, 0) is 26.3 Å². The molecule has 3 rings (SSSR count). The molecule has 0 bridgehead atoms. The number of nitrogens with zero attached hydrogens (tertiary/aromatic N) is 2. The number of amides is 3. The molecule has 3 atom stereocenters. The molecule has 3 amide bonds. The Kier molecular flexibility index (Phi) is 11.0. The van der Waals surface area contributed by atoms with E-state index in [1.165, 1.54) is 7.11 Å². The number of rotatable bonds is 13. The van der Waals surface area contributed by atoms with Crippen LogP contribution in [0.3, 0.4) is 0 Å². The zero-order chi connectivity index (χ0) is 29.3. The molecule has 0 aromatic heterocycles. The summed E-state index contributed by atoms with van der Waals surface area (Å²) in [6.45, 7) is 6.50. The highest BCUT2D eigenvalue weighted by Crippen LogP contribution is 2.38. The molecule has 4 N–H and O–H groups in total. The number of alkyl carbamates (subject to hydrolysis) is 1. The third-order valence-corrected chi connectivity index (χ3v) is 7.31. The molecule has 0 aliphatic carbocycles. The van der Waals surface area contributed by atoms with Crippen LogP contribution in [-0.4, -0.2) is 54.5 Å². The Morgan fingerprint density at radius 2 is 1.77 bits per heavy atom. The molecule has 1 heterocycles. The first-order chi connectivity index (χ1) is 19.1. The molecule has 1 aliphatic rings. The summed E-state index contributed by atoms with van der Waals surface area (Å²) in [5.41, 5.74) is 6.96. The summed E-state index contributed by atoms with van der Waals surface area (Å²) in [5, 5.41) is 6.25. The molecule has 9 nitrogen and oxygen atoms in total. The number of hydrogen-bond donors (Lipinski definition) is 3. The minimum Gasteiger partial charge on any atom is -0.453 e. The second kappa shape index (κ2) is 14.2. The lowest BCUT2D eigenvalue weighted by molar-refractivity contribution is -0.132. The molecule has 0 radical (unpaired) electrons. The first-order valence-electron chi connectivity index (χ1n) is 13.7. The topological polar surface area (TPSA) is 126 Å². The molecule has 216 valence electrons. The molecule has 0 saturated carbocycles. The summed E-state index contributed by atoms with van der Waals surface area (Å²) >= 11 is 5.98. The van der Waals surface area contributed by atoms with Gasteiger partial charge >= 0.3 is 6.09 Å². The van der Waals surface area contributed by atoms with Crippen LogP contribution in [0, 0.1) is 5.92 Å². The Balaban J connectivity index is 1.63. The zero-order valence-electron chi connectivity index (χ0n) is 23.7. The Hall–Kier alpha value is -3.59. The van der Waals surface area contributed by atoms with Crippen molar-refractivity contribution in [2.75, 3.05) is 13.7 Å². The van der Waals surface area contributed by atoms with E-state index in [0.717, 1.165) is 11.1 Å². The van der Waals surface area contributed by atoms with Gasteiger partial charge in [0.15, 0.2) is 11.5 Å². The molecular formula is C30H40ClN5O4. The van der Waals surface area contributed by atoms with Gasteiger partial charge in [-0.3, -0.25) is 14.5 Å². The van der Waals surface area contributed by atoms with E-state index in [-0.39, 0.29) is 36.2 Å². The quantitative estimate of drug-likeness (QED) is 0.330. The van der Waals surface area contributed by atoms with Gasteiger partial charge in [-0.15, -0.1) is 0 Å². The van der Waals surface area contributed by atoms with Crippen molar-refractivity contribution in [3.05, 3.63) is 70.7 Å². The molecule has 1 aliphatic heterocycles. The summed E-state index contributed by atoms with van der Waals surface area (Å²) in [6, 6.07) is 15.7. The average molecular weight is 570 g/mol. The SMILES string of the molecule is CC[C@@H](CCCN1C(=O)[C@@](CC(C)C)(c2ccccc2)N=C1N)NC(=O)[C@H](Cc1ccc(Cl)cc1)NC(=O)OC. The number of nitrogens with two attached hydrogens (primary N) is 1. The van der Waals surface area contributed by atoms with Gasteiger partial charge in [0, 0.05) is 24.0 Å². The number of aliphatic imine (C=N–C) groups is 1. The molecule has 0 spiro atoms. The van der Waals surface area contributed by atoms with E-state index in [0.29, 0.717) is 37.3 Å². The summed E-state index contributed by atoms with van der Waals surface area (Å²) < 4.78 is 4.72. The standard InChI is InChI=1S/C30H40ClN5O4/c1-5-24(33-26(37)25(34-29(39)40-4)18-21-13-15-23(31)16-14-21)12-9-17-36-27(38)30(19-20(2)3,35-28(36)32)22-10-7-6-8-11-22/h6-8,10-11,13-16,20,24-25H,5,9,12,17-19H2,1-4H3,(H2,32,35)(H,33,37)(H,34,39)/t24-,25-,30+/m0/s1. The van der Waals surface area contributed by atoms with E-state index in [4.69, 9.17) is 27.1 Å². The fourth-order valence-corrected chi connectivity index (χ4v) is 5.16. The van der Waals surface area contributed by atoms with E-state index in [9.17, 15) is 14.4 Å². The fraction of sp³-hybridized carbons (Fsp3) is 0.467. The third kappa shape index (κ3) is 7.75. The fourth-order valence-electron chi connectivity index (χ4n) is 5.03. The van der Waals surface area contributed by atoms with Crippen LogP contribution in [0.25, 0.3) is 0 Å². The minimum atomic E-state index is -1.02. The van der Waals surface area contributed by atoms with Crippen LogP contribution in [0.5, 0.6) is 0 Å². The number of ether oxygens (including phenoxy) is 1. The lowest BCUT2D eigenvalue weighted by Gasteiger charge is -2.28. The van der Waals surface area contributed by atoms with Gasteiger partial charge in [-0.05, 0) is 54.9 Å². The van der Waals surface area contributed by atoms with E-state index < -0.39 is 17.7 Å². The maximum atomic E-state index is 13.7. The lowest BCUT2D eigenvalue weighted by Crippen LogP contribution is -2.50. The summed E-state index contributed by atoms with van der Waals surface area (Å²) in [5.74, 6) is 0.0227. The zero-order valence-corrected chi connectivity index (χ0v) is 24.4. The van der Waals surface area contributed by atoms with Gasteiger partial charge in [0.2, 0.25) is 5.91 Å². The van der Waals surface area contributed by atoms with Crippen LogP contribution in [0.4, 0.5) is 4.79 Å². The van der Waals surface area contributed by atoms with Gasteiger partial charge < -0.3 is 21.1 Å². The number of carbonyl (C=O) groups excluding carboxylic acids is 3. The second-order valence-electron chi connectivity index (χ2n) is 10.5. The molecule has 2 aromatic carbocycles. The number of nitrogens with one attached hydrogen (secondary N) is 2. The first kappa shape index (κ1) is 30.9. The number of halogens is 1. The van der Waals surface area contributed by atoms with Crippen molar-refractivity contribution in [3.8, 4) is 0 Å². The highest BCUT2D eigenvalue weighted by Gasteiger charge is 2.49. The maximum absolute atomic E-state index is 13.7. The number of guanidine groups is 1. The third-order valence-electron chi connectivity index (χ3n) is 7.06. The van der Waals surface area contributed by atoms with Gasteiger partial charge in [-0.2, -0.15) is 0 Å². The monoisotopic (exact) mass is 569 g/mol. The largest absolute Gasteiger partial charge is 0.453 e. The van der Waals surface area contributed by atoms with Crippen molar-refractivity contribution in [2.24, 2.45) is 16.6 Å². The van der Waals surface area contributed by atoms with Crippen molar-refractivity contribution in [1.82, 2.24) is 15.5 Å². The second-order valence-corrected chi connectivity index (χ2v) is 11.0. The number of hydrogen-bond acceptors (Lipinski definition) is 6. The molecule has 2 aromatic rings. The molecule has 0 fully saturated rings. The van der Waals surface area contributed by atoms with Crippen LogP contribution in [0.15, 0.2) is 59.6 Å². The summed E-state index contributed by atoms with van der Waals surface area (Å²) in [7, 11) is 1.25. The van der Waals surface area contributed by atoms with Gasteiger partial charge in [0.25, 0.3) is 5.91 Å². The van der Waals surface area contributed by atoms with Crippen molar-refractivity contribution in [3.63, 3.8) is 0 Å². The predicted octanol–water partition coefficient (Wildman–Crippen LogP) is 4.38. The van der Waals surface area contributed by atoms with Gasteiger partial charge in [-0.1, -0.05) is 74.8 Å². The van der Waals surface area contributed by atoms with Crippen LogP contribution in [0.2, 0.25) is 5.02 Å². The lowest BCUT2D eigenvalue weighted by atomic mass is 9.82. The maximum Gasteiger partial charge on any atom is 0.407 e. The van der Waals surface area contributed by atoms with Crippen molar-refractivity contribution < 1.29 is 19.1 Å². The van der Waals surface area contributed by atoms with Crippen LogP contribution in [0.1, 0.15) is 57.6 Å². The van der Waals surface area contributed by atoms with Gasteiger partial charge in [-0.25, -0.2) is 9.79 Å². The average Bonchev–Trinajstić information content (AvgIpc) is 3.17. The van der Waals surface area contributed by atoms with Gasteiger partial charge in [0.1, 0.15) is 6.04 Å². The normalized spacial score (nSPS) is 18.3. The van der Waals surface area contributed by atoms with Crippen molar-refractivity contribution in [2.45, 2.75) is 70.5 Å². The van der Waals surface area contributed by atoms with Crippen molar-refractivity contribution in [1.29, 1.82) is 0 Å². The summed E-state index contributed by atoms with van der Waals surface area (Å²) in [6.07, 6.45) is 2.06. The first-order valence-corrected chi connectivity index (χ1v) is 14.1. The minimum absolute atomic E-state index is 0.118. The summed E-state index contributed by atoms with van der Waals surface area (Å²) in [4.78, 5) is 45.1. The van der Waals surface area contributed by atoms with Gasteiger partial charge in [0.05, 0.1) is 7.11 Å². The molecule has 40 heavy (non-hydrogen) atoms. The van der Waals surface area contributed by atoms with Crippen molar-refractivity contribution >= 4 is 35.5 Å². The highest BCUT2D eigenvalue weighted by molar-refractivity contribution is 6.30. The van der Waals surface area contributed by atoms with Crippen LogP contribution >= 0.6 is 11.6 Å². The molecular weight excluding hydrogens is 530 g/mol. The van der Waals surface area contributed by atoms with E-state index in [2.05, 4.69) is 24.5 Å². The number of carbonyl (C=O) groups is 3. The molecule has 10 heteroatoms. The molecule has 0 saturated heterocycles. The van der Waals surface area contributed by atoms with E-state index in [1.807, 2.05) is 49.4 Å². The predicted molar refractivity (Wildman–Crippen MR) is 157 cm³/mol. The Morgan fingerprint density at radius 1 is 1.10 bits per heavy atom. The van der Waals surface area contributed by atoms with E-state index in [1.54, 1.807) is 17.0 Å². The molecule has 0 unspecified atom stereocenters. The van der Waals surface area contributed by atoms with E-state index >= 15 is 0 Å².